The van der Waals surface area contributed by atoms with Crippen LogP contribution >= 0.6 is 0 Å². The van der Waals surface area contributed by atoms with Gasteiger partial charge in [0.2, 0.25) is 6.10 Å². The lowest BCUT2D eigenvalue weighted by molar-refractivity contribution is -0.126. The van der Waals surface area contributed by atoms with Crippen LogP contribution < -0.4 is 5.32 Å². The van der Waals surface area contributed by atoms with Crippen molar-refractivity contribution in [3.63, 3.8) is 0 Å². The first-order chi connectivity index (χ1) is 11.6. The van der Waals surface area contributed by atoms with Crippen molar-refractivity contribution in [2.75, 3.05) is 5.32 Å². The lowest BCUT2D eigenvalue weighted by Crippen LogP contribution is -2.26. The third-order valence-corrected chi connectivity index (χ3v) is 3.48. The zero-order valence-corrected chi connectivity index (χ0v) is 13.7. The number of anilines is 1. The molecule has 2 aromatic rings. The molecule has 24 heavy (non-hydrogen) atoms. The highest BCUT2D eigenvalue weighted by Crippen LogP contribution is 2.14. The second kappa shape index (κ2) is 8.49. The van der Waals surface area contributed by atoms with E-state index in [0.29, 0.717) is 11.3 Å². The summed E-state index contributed by atoms with van der Waals surface area (Å²) in [5.41, 5.74) is 3.00. The van der Waals surface area contributed by atoms with Crippen LogP contribution in [0, 0.1) is 11.3 Å². The van der Waals surface area contributed by atoms with E-state index in [-0.39, 0.29) is 5.91 Å². The van der Waals surface area contributed by atoms with Crippen molar-refractivity contribution in [2.45, 2.75) is 26.4 Å². The van der Waals surface area contributed by atoms with E-state index in [9.17, 15) is 4.79 Å². The summed E-state index contributed by atoms with van der Waals surface area (Å²) in [5.74, 6) is -0.365. The Morgan fingerprint density at radius 3 is 2.67 bits per heavy atom. The highest BCUT2D eigenvalue weighted by Gasteiger charge is 2.15. The summed E-state index contributed by atoms with van der Waals surface area (Å²) < 4.78 is 0. The molecule has 0 aromatic heterocycles. The van der Waals surface area contributed by atoms with Crippen molar-refractivity contribution < 1.29 is 9.63 Å². The Morgan fingerprint density at radius 2 is 2.00 bits per heavy atom. The highest BCUT2D eigenvalue weighted by atomic mass is 16.6. The molecular weight excluding hydrogens is 302 g/mol. The minimum Gasteiger partial charge on any atom is -0.383 e. The smallest absolute Gasteiger partial charge is 0.268 e. The third kappa shape index (κ3) is 4.68. The van der Waals surface area contributed by atoms with Gasteiger partial charge >= 0.3 is 0 Å². The maximum Gasteiger partial charge on any atom is 0.268 e. The van der Waals surface area contributed by atoms with Crippen LogP contribution in [0.3, 0.4) is 0 Å². The first kappa shape index (κ1) is 17.2. The van der Waals surface area contributed by atoms with Gasteiger partial charge < -0.3 is 10.2 Å². The molecule has 1 atom stereocenters. The Kier molecular flexibility index (Phi) is 6.09. The predicted octanol–water partition coefficient (Wildman–Crippen LogP) is 3.50. The molecule has 0 saturated carbocycles. The molecule has 0 unspecified atom stereocenters. The van der Waals surface area contributed by atoms with E-state index in [2.05, 4.69) is 17.4 Å². The Balaban J connectivity index is 1.91. The van der Waals surface area contributed by atoms with Crippen LogP contribution in [0.15, 0.2) is 53.7 Å². The number of para-hydroxylation sites is 1. The average Bonchev–Trinajstić information content (AvgIpc) is 2.62. The number of carbonyl (C=O) groups excluding carboxylic acids is 1. The van der Waals surface area contributed by atoms with Crippen molar-refractivity contribution in [3.05, 3.63) is 65.2 Å². The second-order valence-electron chi connectivity index (χ2n) is 5.22. The number of nitrogens with one attached hydrogen (secondary N) is 1. The summed E-state index contributed by atoms with van der Waals surface area (Å²) in [6.07, 6.45) is 1.77. The van der Waals surface area contributed by atoms with E-state index in [1.807, 2.05) is 30.3 Å². The number of nitriles is 1. The lowest BCUT2D eigenvalue weighted by Gasteiger charge is -2.11. The van der Waals surface area contributed by atoms with Crippen LogP contribution in [0.4, 0.5) is 5.69 Å². The fourth-order valence-corrected chi connectivity index (χ4v) is 1.99. The Hall–Kier alpha value is -3.13. The van der Waals surface area contributed by atoms with Crippen molar-refractivity contribution in [2.24, 2.45) is 5.16 Å². The van der Waals surface area contributed by atoms with Gasteiger partial charge in [-0.15, -0.1) is 0 Å². The van der Waals surface area contributed by atoms with E-state index in [0.717, 1.165) is 12.0 Å². The molecule has 0 aliphatic carbocycles. The van der Waals surface area contributed by atoms with Gasteiger partial charge in [0, 0.05) is 0 Å². The summed E-state index contributed by atoms with van der Waals surface area (Å²) in [6.45, 7) is 3.69. The van der Waals surface area contributed by atoms with Gasteiger partial charge in [-0.05, 0) is 36.6 Å². The molecule has 0 bridgehead atoms. The third-order valence-electron chi connectivity index (χ3n) is 3.48. The molecule has 0 spiro atoms. The quantitative estimate of drug-likeness (QED) is 0.653. The van der Waals surface area contributed by atoms with E-state index in [4.69, 9.17) is 10.1 Å². The maximum atomic E-state index is 12.1. The van der Waals surface area contributed by atoms with E-state index in [1.54, 1.807) is 37.4 Å². The molecule has 0 fully saturated rings. The summed E-state index contributed by atoms with van der Waals surface area (Å²) in [4.78, 5) is 17.3. The Bertz CT molecular complexity index is 761. The minimum absolute atomic E-state index is 0.365. The highest BCUT2D eigenvalue weighted by molar-refractivity contribution is 5.95. The minimum atomic E-state index is -0.775. The van der Waals surface area contributed by atoms with Gasteiger partial charge in [0.25, 0.3) is 5.91 Å². The summed E-state index contributed by atoms with van der Waals surface area (Å²) in [7, 11) is 0. The zero-order chi connectivity index (χ0) is 17.4. The number of carbonyl (C=O) groups is 1. The number of benzene rings is 2. The first-order valence-electron chi connectivity index (χ1n) is 7.72. The van der Waals surface area contributed by atoms with Gasteiger partial charge in [-0.2, -0.15) is 5.26 Å². The van der Waals surface area contributed by atoms with E-state index in [1.165, 1.54) is 5.56 Å². The van der Waals surface area contributed by atoms with E-state index >= 15 is 0 Å². The average molecular weight is 321 g/mol. The van der Waals surface area contributed by atoms with Crippen LogP contribution in [-0.2, 0) is 16.1 Å². The number of amides is 1. The normalized spacial score (nSPS) is 11.7. The molecule has 1 amide bonds. The SMILES string of the molecule is CCc1ccc(/C=N\O[C@H](C)C(=O)Nc2ccccc2C#N)cc1. The molecule has 0 aliphatic heterocycles. The van der Waals surface area contributed by atoms with Gasteiger partial charge in [0.15, 0.2) is 0 Å². The fourth-order valence-electron chi connectivity index (χ4n) is 1.99. The zero-order valence-electron chi connectivity index (χ0n) is 13.7. The number of aryl methyl sites for hydroxylation is 1. The van der Waals surface area contributed by atoms with Crippen molar-refractivity contribution >= 4 is 17.8 Å². The summed E-state index contributed by atoms with van der Waals surface area (Å²) in [5, 5.41) is 15.5. The predicted molar refractivity (Wildman–Crippen MR) is 93.7 cm³/mol. The molecule has 122 valence electrons. The van der Waals surface area contributed by atoms with Gasteiger partial charge in [-0.3, -0.25) is 4.79 Å². The van der Waals surface area contributed by atoms with Gasteiger partial charge in [-0.1, -0.05) is 48.5 Å². The summed E-state index contributed by atoms with van der Waals surface area (Å²) in [6, 6.07) is 16.8. The molecule has 0 radical (unpaired) electrons. The largest absolute Gasteiger partial charge is 0.383 e. The van der Waals surface area contributed by atoms with Crippen LogP contribution in [0.5, 0.6) is 0 Å². The molecule has 2 rings (SSSR count). The topological polar surface area (TPSA) is 74.5 Å². The first-order valence-corrected chi connectivity index (χ1v) is 7.72. The molecule has 5 heteroatoms. The lowest BCUT2D eigenvalue weighted by atomic mass is 10.1. The fraction of sp³-hybridized carbons (Fsp3) is 0.211. The van der Waals surface area contributed by atoms with Crippen molar-refractivity contribution in [1.82, 2.24) is 0 Å². The molecule has 0 heterocycles. The number of oxime groups is 1. The molecule has 0 aliphatic rings. The maximum absolute atomic E-state index is 12.1. The van der Waals surface area contributed by atoms with Gasteiger partial charge in [0.05, 0.1) is 17.5 Å². The van der Waals surface area contributed by atoms with E-state index < -0.39 is 6.10 Å². The van der Waals surface area contributed by atoms with Crippen LogP contribution in [0.2, 0.25) is 0 Å². The number of nitrogens with zero attached hydrogens (tertiary/aromatic N) is 2. The van der Waals surface area contributed by atoms with Crippen LogP contribution in [0.1, 0.15) is 30.5 Å². The molecular formula is C19H19N3O2. The number of rotatable bonds is 6. The van der Waals surface area contributed by atoms with Gasteiger partial charge in [0.1, 0.15) is 6.07 Å². The van der Waals surface area contributed by atoms with Crippen molar-refractivity contribution in [3.8, 4) is 6.07 Å². The molecule has 5 nitrogen and oxygen atoms in total. The number of hydrogen-bond donors (Lipinski definition) is 1. The molecule has 2 aromatic carbocycles. The molecule has 0 saturated heterocycles. The van der Waals surface area contributed by atoms with Crippen LogP contribution in [0.25, 0.3) is 0 Å². The monoisotopic (exact) mass is 321 g/mol. The van der Waals surface area contributed by atoms with Gasteiger partial charge in [-0.25, -0.2) is 0 Å². The Labute approximate surface area is 141 Å². The van der Waals surface area contributed by atoms with Crippen molar-refractivity contribution in [1.29, 1.82) is 5.26 Å². The summed E-state index contributed by atoms with van der Waals surface area (Å²) >= 11 is 0. The van der Waals surface area contributed by atoms with Crippen LogP contribution in [-0.4, -0.2) is 18.2 Å². The second-order valence-corrected chi connectivity index (χ2v) is 5.22. The molecule has 1 N–H and O–H groups in total. The standard InChI is InChI=1S/C19H19N3O2/c1-3-15-8-10-16(11-9-15)13-21-24-14(2)19(23)22-18-7-5-4-6-17(18)12-20/h4-11,13-14H,3H2,1-2H3,(H,22,23)/b21-13-/t14-/m1/s1. The number of hydrogen-bond acceptors (Lipinski definition) is 4. The Morgan fingerprint density at radius 1 is 1.29 bits per heavy atom.